The molecule has 0 aromatic heterocycles. The van der Waals surface area contributed by atoms with Gasteiger partial charge in [-0.3, -0.25) is 0 Å². The second-order valence-electron chi connectivity index (χ2n) is 8.01. The third kappa shape index (κ3) is 8.15. The van der Waals surface area contributed by atoms with Gasteiger partial charge in [-0.2, -0.15) is 24.1 Å². The molecular formula is C34H22Cl2Hf. The van der Waals surface area contributed by atoms with Crippen LogP contribution in [-0.2, 0) is 32.3 Å². The molecule has 0 atom stereocenters. The SMILES string of the molecule is C(#Cc1ccccc1)c1[c-]c2c(cc1)-c1ccc(C#Cc3ccccc3)cc1C2.[Cl-].[Cl-].[Hf+4].c1cc[cH-]c1. The molecule has 0 saturated carbocycles. The Hall–Kier alpha value is -3.20. The average Bonchev–Trinajstić information content (AvgIpc) is 3.59. The van der Waals surface area contributed by atoms with E-state index in [0.29, 0.717) is 0 Å². The van der Waals surface area contributed by atoms with E-state index in [2.05, 4.69) is 60.1 Å². The van der Waals surface area contributed by atoms with Crippen LogP contribution >= 0.6 is 0 Å². The Labute approximate surface area is 251 Å². The fourth-order valence-electron chi connectivity index (χ4n) is 3.92. The normalized spacial score (nSPS) is 9.51. The van der Waals surface area contributed by atoms with E-state index in [9.17, 15) is 0 Å². The van der Waals surface area contributed by atoms with Gasteiger partial charge in [-0.1, -0.05) is 65.4 Å². The Morgan fingerprint density at radius 2 is 1.14 bits per heavy atom. The van der Waals surface area contributed by atoms with E-state index < -0.39 is 0 Å². The summed E-state index contributed by atoms with van der Waals surface area (Å²) in [6.07, 6.45) is 0.881. The molecule has 0 bridgehead atoms. The van der Waals surface area contributed by atoms with E-state index in [-0.39, 0.29) is 50.7 Å². The second kappa shape index (κ2) is 15.1. The van der Waals surface area contributed by atoms with E-state index in [1.165, 1.54) is 22.3 Å². The predicted molar refractivity (Wildman–Crippen MR) is 140 cm³/mol. The number of halogens is 2. The molecule has 0 radical (unpaired) electrons. The van der Waals surface area contributed by atoms with Crippen molar-refractivity contribution >= 4 is 0 Å². The first-order chi connectivity index (χ1) is 16.8. The Morgan fingerprint density at radius 1 is 0.568 bits per heavy atom. The number of fused-ring (bicyclic) bond motifs is 3. The summed E-state index contributed by atoms with van der Waals surface area (Å²) < 4.78 is 0. The van der Waals surface area contributed by atoms with Gasteiger partial charge in [0.2, 0.25) is 0 Å². The van der Waals surface area contributed by atoms with Crippen LogP contribution in [0.4, 0.5) is 0 Å². The van der Waals surface area contributed by atoms with Crippen molar-refractivity contribution in [1.82, 2.24) is 0 Å². The molecule has 0 aliphatic heterocycles. The predicted octanol–water partition coefficient (Wildman–Crippen LogP) is 1.27. The van der Waals surface area contributed by atoms with Crippen molar-refractivity contribution in [2.75, 3.05) is 0 Å². The first-order valence-electron chi connectivity index (χ1n) is 11.3. The molecule has 0 saturated heterocycles. The molecule has 0 spiro atoms. The van der Waals surface area contributed by atoms with Crippen LogP contribution in [0.2, 0.25) is 0 Å². The first kappa shape index (κ1) is 30.0. The summed E-state index contributed by atoms with van der Waals surface area (Å²) >= 11 is 0. The molecule has 5 aromatic carbocycles. The topological polar surface area (TPSA) is 0 Å². The summed E-state index contributed by atoms with van der Waals surface area (Å²) in [7, 11) is 0. The molecule has 0 heterocycles. The Kier molecular flexibility index (Phi) is 12.3. The molecule has 176 valence electrons. The third-order valence-electron chi connectivity index (χ3n) is 5.59. The molecule has 0 unspecified atom stereocenters. The van der Waals surface area contributed by atoms with E-state index in [1.54, 1.807) is 0 Å². The number of rotatable bonds is 0. The van der Waals surface area contributed by atoms with Crippen LogP contribution in [0.1, 0.15) is 33.4 Å². The standard InChI is InChI=1S/C29H17.C5H5.2ClH.Hf/c1-3-7-22(8-4-1)11-13-24-15-17-28-26(19-24)21-27-20-25(16-18-29(27)28)14-12-23-9-5-2-6-10-23;1-2-4-5-3-1;;;/h1-10,15-19H,21H2;1-5H;2*1H;/q2*-1;;;+4/p-2. The van der Waals surface area contributed by atoms with Gasteiger partial charge in [-0.25, -0.2) is 12.1 Å². The van der Waals surface area contributed by atoms with Crippen molar-refractivity contribution < 1.29 is 50.7 Å². The fourth-order valence-corrected chi connectivity index (χ4v) is 3.92. The zero-order valence-corrected chi connectivity index (χ0v) is 25.1. The zero-order valence-electron chi connectivity index (χ0n) is 20.0. The van der Waals surface area contributed by atoms with Gasteiger partial charge in [0.1, 0.15) is 0 Å². The molecule has 0 fully saturated rings. The van der Waals surface area contributed by atoms with Gasteiger partial charge in [0.05, 0.1) is 0 Å². The van der Waals surface area contributed by atoms with Crippen molar-refractivity contribution in [2.24, 2.45) is 0 Å². The van der Waals surface area contributed by atoms with Crippen molar-refractivity contribution in [3.8, 4) is 34.8 Å². The molecule has 5 aromatic rings. The third-order valence-corrected chi connectivity index (χ3v) is 5.59. The molecule has 0 N–H and O–H groups in total. The summed E-state index contributed by atoms with van der Waals surface area (Å²) in [5.74, 6) is 13.0. The number of hydrogen-bond acceptors (Lipinski definition) is 0. The van der Waals surface area contributed by atoms with Crippen molar-refractivity contribution in [1.29, 1.82) is 0 Å². The number of benzene rings is 4. The van der Waals surface area contributed by atoms with Crippen LogP contribution < -0.4 is 24.8 Å². The minimum absolute atomic E-state index is 0. The van der Waals surface area contributed by atoms with Gasteiger partial charge in [0.15, 0.2) is 0 Å². The van der Waals surface area contributed by atoms with E-state index in [4.69, 9.17) is 0 Å². The molecular weight excluding hydrogens is 658 g/mol. The van der Waals surface area contributed by atoms with Gasteiger partial charge >= 0.3 is 25.8 Å². The van der Waals surface area contributed by atoms with Crippen LogP contribution in [0.5, 0.6) is 0 Å². The van der Waals surface area contributed by atoms with Crippen molar-refractivity contribution in [3.05, 3.63) is 161 Å². The van der Waals surface area contributed by atoms with Crippen LogP contribution in [0, 0.1) is 29.7 Å². The zero-order chi connectivity index (χ0) is 23.0. The van der Waals surface area contributed by atoms with E-state index >= 15 is 0 Å². The summed E-state index contributed by atoms with van der Waals surface area (Å²) in [5.41, 5.74) is 9.10. The summed E-state index contributed by atoms with van der Waals surface area (Å²) in [4.78, 5) is 0. The molecule has 1 aliphatic rings. The first-order valence-corrected chi connectivity index (χ1v) is 11.3. The molecule has 6 rings (SSSR count). The minimum atomic E-state index is 0. The summed E-state index contributed by atoms with van der Waals surface area (Å²) in [6, 6.07) is 44.4. The van der Waals surface area contributed by atoms with Gasteiger partial charge in [0, 0.05) is 16.7 Å². The van der Waals surface area contributed by atoms with E-state index in [0.717, 1.165) is 28.7 Å². The van der Waals surface area contributed by atoms with Crippen molar-refractivity contribution in [3.63, 3.8) is 0 Å². The summed E-state index contributed by atoms with van der Waals surface area (Å²) in [5, 5.41) is 0. The summed E-state index contributed by atoms with van der Waals surface area (Å²) in [6.45, 7) is 0. The molecule has 1 aliphatic carbocycles. The number of hydrogen-bond donors (Lipinski definition) is 0. The van der Waals surface area contributed by atoms with Crippen LogP contribution in [0.15, 0.2) is 121 Å². The Morgan fingerprint density at radius 3 is 1.73 bits per heavy atom. The quantitative estimate of drug-likeness (QED) is 0.129. The fraction of sp³-hybridized carbons (Fsp3) is 0.0294. The molecule has 3 heteroatoms. The molecule has 0 amide bonds. The van der Waals surface area contributed by atoms with E-state index in [1.807, 2.05) is 91.0 Å². The maximum absolute atomic E-state index is 3.51. The van der Waals surface area contributed by atoms with Crippen LogP contribution in [-0.4, -0.2) is 0 Å². The maximum Gasteiger partial charge on any atom is 4.00 e. The second-order valence-corrected chi connectivity index (χ2v) is 8.01. The van der Waals surface area contributed by atoms with Crippen LogP contribution in [0.25, 0.3) is 11.1 Å². The van der Waals surface area contributed by atoms with Gasteiger partial charge in [-0.05, 0) is 48.4 Å². The van der Waals surface area contributed by atoms with Gasteiger partial charge in [-0.15, -0.1) is 35.2 Å². The minimum Gasteiger partial charge on any atom is -1.00 e. The van der Waals surface area contributed by atoms with Crippen molar-refractivity contribution in [2.45, 2.75) is 6.42 Å². The smallest absolute Gasteiger partial charge is 1.00 e. The molecule has 0 nitrogen and oxygen atoms in total. The van der Waals surface area contributed by atoms with Crippen LogP contribution in [0.3, 0.4) is 0 Å². The van der Waals surface area contributed by atoms with Gasteiger partial charge < -0.3 is 24.8 Å². The largest absolute Gasteiger partial charge is 4.00 e. The Balaban J connectivity index is 0.000000542. The monoisotopic (exact) mass is 680 g/mol. The molecule has 37 heavy (non-hydrogen) atoms. The average molecular weight is 680 g/mol. The van der Waals surface area contributed by atoms with Gasteiger partial charge in [0.25, 0.3) is 0 Å². The Bertz CT molecular complexity index is 1390. The maximum atomic E-state index is 3.51.